The third kappa shape index (κ3) is 3.71. The summed E-state index contributed by atoms with van der Waals surface area (Å²) in [5.74, 6) is 0. The molecular weight excluding hydrogens is 626 g/mol. The lowest BCUT2D eigenvalue weighted by atomic mass is 9.43. The van der Waals surface area contributed by atoms with E-state index in [9.17, 15) is 0 Å². The minimum Gasteiger partial charge on any atom is -0.376 e. The average molecular weight is 656 g/mol. The zero-order valence-electron chi connectivity index (χ0n) is 28.4. The summed E-state index contributed by atoms with van der Waals surface area (Å²) < 4.78 is 0. The smallest absolute Gasteiger partial charge is 0.329 e. The van der Waals surface area contributed by atoms with Crippen LogP contribution in [-0.4, -0.2) is 13.7 Å². The first-order valence-corrected chi connectivity index (χ1v) is 18.3. The first-order valence-electron chi connectivity index (χ1n) is 18.3. The zero-order valence-corrected chi connectivity index (χ0v) is 28.4. The van der Waals surface area contributed by atoms with E-state index in [0.29, 0.717) is 0 Å². The van der Waals surface area contributed by atoms with Crippen molar-refractivity contribution < 1.29 is 0 Å². The van der Waals surface area contributed by atoms with Crippen LogP contribution >= 0.6 is 0 Å². The fourth-order valence-corrected chi connectivity index (χ4v) is 9.74. The van der Waals surface area contributed by atoms with Gasteiger partial charge >= 0.3 is 13.7 Å². The van der Waals surface area contributed by atoms with Gasteiger partial charge in [0.05, 0.1) is 0 Å². The third-order valence-corrected chi connectivity index (χ3v) is 11.9. The van der Waals surface area contributed by atoms with Crippen LogP contribution in [0, 0.1) is 0 Å². The second-order valence-electron chi connectivity index (χ2n) is 14.4. The number of hydrogen-bond acceptors (Lipinski definition) is 2. The van der Waals surface area contributed by atoms with Gasteiger partial charge in [-0.3, -0.25) is 0 Å². The summed E-state index contributed by atoms with van der Waals surface area (Å²) >= 11 is 0. The number of hydrogen-bond donors (Lipinski definition) is 0. The number of rotatable bonds is 1. The molecule has 0 bridgehead atoms. The lowest BCUT2D eigenvalue weighted by molar-refractivity contribution is 1.34. The number of fused-ring (bicyclic) bond motifs is 22. The van der Waals surface area contributed by atoms with Crippen molar-refractivity contribution in [1.29, 1.82) is 0 Å². The van der Waals surface area contributed by atoms with Crippen molar-refractivity contribution in [2.45, 2.75) is 0 Å². The Bertz CT molecular complexity index is 2610. The normalized spacial score (nSPS) is 13.6. The summed E-state index contributed by atoms with van der Waals surface area (Å²) in [6, 6.07) is 68.0. The molecule has 2 nitrogen and oxygen atoms in total. The van der Waals surface area contributed by atoms with Gasteiger partial charge in [0, 0.05) is 45.0 Å². The minimum atomic E-state index is 0.117. The van der Waals surface area contributed by atoms with E-state index in [4.69, 9.17) is 0 Å². The highest BCUT2D eigenvalue weighted by Crippen LogP contribution is 2.49. The van der Waals surface area contributed by atoms with Gasteiger partial charge in [0.15, 0.2) is 0 Å². The number of nitrogens with zero attached hydrogens (tertiary/aromatic N) is 2. The molecule has 0 unspecified atom stereocenters. The van der Waals surface area contributed by atoms with Gasteiger partial charge in [-0.15, -0.1) is 0 Å². The molecule has 4 heterocycles. The molecule has 0 radical (unpaired) electrons. The molecule has 0 aliphatic carbocycles. The van der Waals surface area contributed by atoms with Gasteiger partial charge in [-0.2, -0.15) is 0 Å². The monoisotopic (exact) mass is 656 g/mol. The topological polar surface area (TPSA) is 6.48 Å². The molecule has 0 atom stereocenters. The van der Waals surface area contributed by atoms with Crippen molar-refractivity contribution in [3.05, 3.63) is 182 Å². The third-order valence-electron chi connectivity index (χ3n) is 11.9. The molecule has 4 aliphatic rings. The van der Waals surface area contributed by atoms with E-state index in [1.807, 2.05) is 0 Å². The first kappa shape index (κ1) is 28.2. The highest BCUT2D eigenvalue weighted by Gasteiger charge is 2.43. The fourth-order valence-electron chi connectivity index (χ4n) is 9.74. The Balaban J connectivity index is 1.05. The van der Waals surface area contributed by atoms with Crippen LogP contribution < -0.4 is 31.5 Å². The van der Waals surface area contributed by atoms with E-state index in [1.165, 1.54) is 100 Å². The fraction of sp³-hybridized carbons (Fsp3) is 0. The van der Waals surface area contributed by atoms with Gasteiger partial charge in [0.25, 0.3) is 0 Å². The molecular formula is C48H30B2N2. The molecule has 0 saturated carbocycles. The zero-order chi connectivity index (χ0) is 33.9. The Hall–Kier alpha value is -6.51. The second-order valence-corrected chi connectivity index (χ2v) is 14.4. The highest BCUT2D eigenvalue weighted by atomic mass is 15.1. The number of para-hydroxylation sites is 2. The quantitative estimate of drug-likeness (QED) is 0.163. The van der Waals surface area contributed by atoms with E-state index in [-0.39, 0.29) is 13.7 Å². The Morgan fingerprint density at radius 3 is 0.923 bits per heavy atom. The largest absolute Gasteiger partial charge is 0.376 e. The van der Waals surface area contributed by atoms with Crippen LogP contribution in [0.15, 0.2) is 182 Å². The van der Waals surface area contributed by atoms with Crippen LogP contribution in [0.4, 0.5) is 22.7 Å². The number of benzene rings is 8. The minimum absolute atomic E-state index is 0.117. The van der Waals surface area contributed by atoms with Crippen LogP contribution in [0.3, 0.4) is 0 Å². The lowest BCUT2D eigenvalue weighted by Gasteiger charge is -2.43. The molecule has 4 aliphatic heterocycles. The Morgan fingerprint density at radius 1 is 0.250 bits per heavy atom. The van der Waals surface area contributed by atoms with E-state index >= 15 is 0 Å². The molecule has 4 heteroatoms. The maximum atomic E-state index is 2.58. The van der Waals surface area contributed by atoms with Gasteiger partial charge < -0.3 is 9.62 Å². The Morgan fingerprint density at radius 2 is 0.538 bits per heavy atom. The van der Waals surface area contributed by atoms with Gasteiger partial charge in [0.2, 0.25) is 0 Å². The standard InChI is InChI=1S/C48H30B2N2/c1-7-19-41-33(13-1)37-17-5-11-23-45(37)51-47-27-25-31(29-39(47)35-15-3-9-21-43(35)49(41)51)32-26-28-48-40(30-32)36-16-4-10-22-44(36)50-42-20-8-2-14-34(42)38-18-6-12-24-46(38)52(48)50/h1-30H. The summed E-state index contributed by atoms with van der Waals surface area (Å²) in [7, 11) is 0. The molecule has 52 heavy (non-hydrogen) atoms. The molecule has 12 rings (SSSR count). The van der Waals surface area contributed by atoms with E-state index < -0.39 is 0 Å². The van der Waals surface area contributed by atoms with Crippen LogP contribution in [0.5, 0.6) is 0 Å². The molecule has 0 spiro atoms. The SMILES string of the molecule is c1ccc2c(c1)B1c3ccccc3-c3cc(-c4ccc5c(c4)-c4ccccc4B4c6ccccc6-c6ccccc6N45)ccc3N1c1ccccc1-2. The molecule has 0 amide bonds. The van der Waals surface area contributed by atoms with Crippen molar-refractivity contribution >= 4 is 58.3 Å². The molecule has 8 aromatic rings. The molecule has 0 aromatic heterocycles. The van der Waals surface area contributed by atoms with Crippen molar-refractivity contribution in [3.8, 4) is 55.6 Å². The predicted octanol–water partition coefficient (Wildman–Crippen LogP) is 9.16. The molecule has 0 fully saturated rings. The lowest BCUT2D eigenvalue weighted by Crippen LogP contribution is -2.59. The highest BCUT2D eigenvalue weighted by molar-refractivity contribution is 6.93. The second kappa shape index (κ2) is 10.5. The summed E-state index contributed by atoms with van der Waals surface area (Å²) in [6.45, 7) is 0.234. The van der Waals surface area contributed by atoms with Crippen molar-refractivity contribution in [2.24, 2.45) is 0 Å². The van der Waals surface area contributed by atoms with Gasteiger partial charge in [-0.1, -0.05) is 146 Å². The van der Waals surface area contributed by atoms with Gasteiger partial charge in [0.1, 0.15) is 0 Å². The maximum Gasteiger partial charge on any atom is 0.329 e. The van der Waals surface area contributed by atoms with Gasteiger partial charge in [-0.25, -0.2) is 0 Å². The molecule has 238 valence electrons. The molecule has 0 saturated heterocycles. The van der Waals surface area contributed by atoms with E-state index in [1.54, 1.807) is 0 Å². The van der Waals surface area contributed by atoms with Crippen molar-refractivity contribution in [2.75, 3.05) is 9.62 Å². The van der Waals surface area contributed by atoms with Crippen LogP contribution in [0.25, 0.3) is 55.6 Å². The molecule has 8 aromatic carbocycles. The van der Waals surface area contributed by atoms with E-state index in [2.05, 4.69) is 192 Å². The van der Waals surface area contributed by atoms with Crippen LogP contribution in [0.2, 0.25) is 0 Å². The van der Waals surface area contributed by atoms with Gasteiger partial charge in [-0.05, 0) is 91.6 Å². The number of anilines is 4. The molecule has 0 N–H and O–H groups in total. The Labute approximate surface area is 304 Å². The van der Waals surface area contributed by atoms with E-state index in [0.717, 1.165) is 0 Å². The van der Waals surface area contributed by atoms with Crippen molar-refractivity contribution in [1.82, 2.24) is 0 Å². The summed E-state index contributed by atoms with van der Waals surface area (Å²) in [5.41, 5.74) is 23.3. The maximum absolute atomic E-state index is 2.58. The Kier molecular flexibility index (Phi) is 5.70. The van der Waals surface area contributed by atoms with Crippen LogP contribution in [-0.2, 0) is 0 Å². The first-order chi connectivity index (χ1) is 25.8. The summed E-state index contributed by atoms with van der Waals surface area (Å²) in [4.78, 5) is 5.15. The summed E-state index contributed by atoms with van der Waals surface area (Å²) in [6.07, 6.45) is 0. The predicted molar refractivity (Wildman–Crippen MR) is 221 cm³/mol. The van der Waals surface area contributed by atoms with Crippen molar-refractivity contribution in [3.63, 3.8) is 0 Å². The average Bonchev–Trinajstić information content (AvgIpc) is 3.23. The summed E-state index contributed by atoms with van der Waals surface area (Å²) in [5, 5.41) is 0. The van der Waals surface area contributed by atoms with Crippen LogP contribution in [0.1, 0.15) is 0 Å².